The zero-order valence-corrected chi connectivity index (χ0v) is 13.8. The minimum absolute atomic E-state index is 0.0447. The van der Waals surface area contributed by atoms with Gasteiger partial charge in [-0.25, -0.2) is 8.42 Å². The summed E-state index contributed by atoms with van der Waals surface area (Å²) in [6.45, 7) is 2.21. The van der Waals surface area contributed by atoms with Crippen LogP contribution < -0.4 is 11.1 Å². The largest absolute Gasteiger partial charge is 0.399 e. The number of nitrogens with one attached hydrogen (secondary N) is 1. The Morgan fingerprint density at radius 2 is 2.10 bits per heavy atom. The number of nitrogen functional groups attached to an aromatic ring is 1. The quantitative estimate of drug-likeness (QED) is 0.742. The molecule has 8 heteroatoms. The van der Waals surface area contributed by atoms with Crippen LogP contribution in [-0.2, 0) is 14.8 Å². The molecule has 0 aliphatic heterocycles. The molecule has 1 amide bonds. The second-order valence-corrected chi connectivity index (χ2v) is 7.17. The van der Waals surface area contributed by atoms with Gasteiger partial charge in [0.05, 0.1) is 11.4 Å². The van der Waals surface area contributed by atoms with Gasteiger partial charge in [0.2, 0.25) is 15.9 Å². The minimum Gasteiger partial charge on any atom is -0.399 e. The number of sulfonamides is 1. The van der Waals surface area contributed by atoms with Crippen molar-refractivity contribution in [2.75, 3.05) is 25.9 Å². The summed E-state index contributed by atoms with van der Waals surface area (Å²) in [5, 5.41) is 2.63. The van der Waals surface area contributed by atoms with Crippen LogP contribution in [0.4, 0.5) is 5.69 Å². The number of hydrogen-bond donors (Lipinski definition) is 2. The summed E-state index contributed by atoms with van der Waals surface area (Å²) in [4.78, 5) is 11.6. The molecule has 0 fully saturated rings. The highest BCUT2D eigenvalue weighted by atomic mass is 79.9. The third-order valence-electron chi connectivity index (χ3n) is 2.58. The van der Waals surface area contributed by atoms with Gasteiger partial charge in [0.15, 0.2) is 0 Å². The summed E-state index contributed by atoms with van der Waals surface area (Å²) >= 11 is 3.18. The van der Waals surface area contributed by atoms with Crippen molar-refractivity contribution in [3.63, 3.8) is 0 Å². The summed E-state index contributed by atoms with van der Waals surface area (Å²) in [6.07, 6.45) is 0.795. The molecule has 0 aliphatic carbocycles. The maximum absolute atomic E-state index is 12.4. The van der Waals surface area contributed by atoms with E-state index in [1.165, 1.54) is 13.1 Å². The zero-order valence-electron chi connectivity index (χ0n) is 11.4. The van der Waals surface area contributed by atoms with Crippen molar-refractivity contribution >= 4 is 37.5 Å². The van der Waals surface area contributed by atoms with Crippen LogP contribution in [-0.4, -0.2) is 38.8 Å². The molecule has 112 valence electrons. The summed E-state index contributed by atoms with van der Waals surface area (Å²) in [7, 11) is -2.41. The van der Waals surface area contributed by atoms with Crippen LogP contribution in [0.2, 0.25) is 0 Å². The Bertz CT molecular complexity index is 590. The first kappa shape index (κ1) is 16.9. The van der Waals surface area contributed by atoms with E-state index in [0.29, 0.717) is 16.7 Å². The predicted octanol–water partition coefficient (Wildman–Crippen LogP) is 1.18. The lowest BCUT2D eigenvalue weighted by atomic mass is 10.3. The molecular weight excluding hydrogens is 346 g/mol. The highest BCUT2D eigenvalue weighted by molar-refractivity contribution is 9.10. The zero-order chi connectivity index (χ0) is 15.3. The summed E-state index contributed by atoms with van der Waals surface area (Å²) < 4.78 is 26.2. The number of halogens is 1. The monoisotopic (exact) mass is 363 g/mol. The molecule has 1 rings (SSSR count). The van der Waals surface area contributed by atoms with Gasteiger partial charge in [-0.3, -0.25) is 4.79 Å². The van der Waals surface area contributed by atoms with E-state index >= 15 is 0 Å². The van der Waals surface area contributed by atoms with Crippen molar-refractivity contribution in [2.45, 2.75) is 18.2 Å². The molecule has 1 aromatic carbocycles. The number of amides is 1. The van der Waals surface area contributed by atoms with E-state index in [-0.39, 0.29) is 17.3 Å². The van der Waals surface area contributed by atoms with Crippen molar-refractivity contribution in [2.24, 2.45) is 0 Å². The lowest BCUT2D eigenvalue weighted by Crippen LogP contribution is -2.38. The number of anilines is 1. The Morgan fingerprint density at radius 1 is 1.45 bits per heavy atom. The molecule has 0 radical (unpaired) electrons. The standard InChI is InChI=1S/C12H18BrN3O3S/c1-3-6-15-12(17)8-16(2)20(18,19)11-7-9(14)4-5-10(11)13/h4-5,7H,3,6,8,14H2,1-2H3,(H,15,17). The van der Waals surface area contributed by atoms with E-state index in [9.17, 15) is 13.2 Å². The molecule has 0 unspecified atom stereocenters. The lowest BCUT2D eigenvalue weighted by Gasteiger charge is -2.18. The molecule has 0 bridgehead atoms. The van der Waals surface area contributed by atoms with Crippen LogP contribution in [0.1, 0.15) is 13.3 Å². The average molecular weight is 364 g/mol. The van der Waals surface area contributed by atoms with Gasteiger partial charge in [-0.1, -0.05) is 6.92 Å². The normalized spacial score (nSPS) is 11.6. The van der Waals surface area contributed by atoms with E-state index < -0.39 is 10.0 Å². The van der Waals surface area contributed by atoms with Gasteiger partial charge in [0, 0.05) is 23.8 Å². The summed E-state index contributed by atoms with van der Waals surface area (Å²) in [5.74, 6) is -0.335. The van der Waals surface area contributed by atoms with Gasteiger partial charge in [-0.2, -0.15) is 4.31 Å². The molecule has 20 heavy (non-hydrogen) atoms. The van der Waals surface area contributed by atoms with Crippen LogP contribution in [0.15, 0.2) is 27.6 Å². The Morgan fingerprint density at radius 3 is 2.70 bits per heavy atom. The summed E-state index contributed by atoms with van der Waals surface area (Å²) in [6, 6.07) is 4.52. The number of benzene rings is 1. The Hall–Kier alpha value is -1.12. The second kappa shape index (κ2) is 7.05. The molecule has 0 aliphatic rings. The smallest absolute Gasteiger partial charge is 0.244 e. The van der Waals surface area contributed by atoms with E-state index in [1.54, 1.807) is 12.1 Å². The van der Waals surface area contributed by atoms with Crippen LogP contribution in [0.25, 0.3) is 0 Å². The molecule has 0 atom stereocenters. The lowest BCUT2D eigenvalue weighted by molar-refractivity contribution is -0.121. The predicted molar refractivity (Wildman–Crippen MR) is 81.7 cm³/mol. The molecule has 1 aromatic rings. The van der Waals surface area contributed by atoms with Gasteiger partial charge in [-0.05, 0) is 40.5 Å². The average Bonchev–Trinajstić information content (AvgIpc) is 2.38. The minimum atomic E-state index is -3.77. The Labute approximate surface area is 127 Å². The van der Waals surface area contributed by atoms with Crippen LogP contribution >= 0.6 is 15.9 Å². The summed E-state index contributed by atoms with van der Waals surface area (Å²) in [5.41, 5.74) is 5.95. The van der Waals surface area contributed by atoms with Gasteiger partial charge >= 0.3 is 0 Å². The number of rotatable bonds is 6. The molecule has 0 saturated carbocycles. The topological polar surface area (TPSA) is 92.5 Å². The fraction of sp³-hybridized carbons (Fsp3) is 0.417. The van der Waals surface area contributed by atoms with Crippen molar-refractivity contribution in [1.82, 2.24) is 9.62 Å². The van der Waals surface area contributed by atoms with Crippen molar-refractivity contribution < 1.29 is 13.2 Å². The van der Waals surface area contributed by atoms with Gasteiger partial charge < -0.3 is 11.1 Å². The van der Waals surface area contributed by atoms with Crippen molar-refractivity contribution in [3.8, 4) is 0 Å². The molecule has 0 aromatic heterocycles. The first-order valence-corrected chi connectivity index (χ1v) is 8.30. The highest BCUT2D eigenvalue weighted by Crippen LogP contribution is 2.26. The molecule has 0 saturated heterocycles. The van der Waals surface area contributed by atoms with Crippen LogP contribution in [0.5, 0.6) is 0 Å². The fourth-order valence-corrected chi connectivity index (χ4v) is 3.58. The molecule has 0 heterocycles. The molecule has 6 nitrogen and oxygen atoms in total. The van der Waals surface area contributed by atoms with Crippen molar-refractivity contribution in [1.29, 1.82) is 0 Å². The first-order valence-electron chi connectivity index (χ1n) is 6.07. The maximum atomic E-state index is 12.4. The number of carbonyl (C=O) groups is 1. The van der Waals surface area contributed by atoms with Crippen LogP contribution in [0, 0.1) is 0 Å². The van der Waals surface area contributed by atoms with E-state index in [2.05, 4.69) is 21.2 Å². The van der Waals surface area contributed by atoms with E-state index in [1.807, 2.05) is 6.92 Å². The second-order valence-electron chi connectivity index (χ2n) is 4.30. The number of hydrogen-bond acceptors (Lipinski definition) is 4. The number of likely N-dealkylation sites (N-methyl/N-ethyl adjacent to an activating group) is 1. The third kappa shape index (κ3) is 4.19. The van der Waals surface area contributed by atoms with Gasteiger partial charge in [0.25, 0.3) is 0 Å². The molecule has 0 spiro atoms. The van der Waals surface area contributed by atoms with Gasteiger partial charge in [0.1, 0.15) is 0 Å². The highest BCUT2D eigenvalue weighted by Gasteiger charge is 2.25. The molecular formula is C12H18BrN3O3S. The first-order chi connectivity index (χ1) is 9.28. The fourth-order valence-electron chi connectivity index (χ4n) is 1.49. The molecule has 3 N–H and O–H groups in total. The third-order valence-corrected chi connectivity index (χ3v) is 5.38. The van der Waals surface area contributed by atoms with Crippen molar-refractivity contribution in [3.05, 3.63) is 22.7 Å². The SMILES string of the molecule is CCCNC(=O)CN(C)S(=O)(=O)c1cc(N)ccc1Br. The van der Waals surface area contributed by atoms with E-state index in [0.717, 1.165) is 10.7 Å². The van der Waals surface area contributed by atoms with Crippen LogP contribution in [0.3, 0.4) is 0 Å². The number of nitrogens with zero attached hydrogens (tertiary/aromatic N) is 1. The maximum Gasteiger partial charge on any atom is 0.244 e. The van der Waals surface area contributed by atoms with Gasteiger partial charge in [-0.15, -0.1) is 0 Å². The van der Waals surface area contributed by atoms with E-state index in [4.69, 9.17) is 5.73 Å². The Kier molecular flexibility index (Phi) is 5.97. The number of carbonyl (C=O) groups excluding carboxylic acids is 1. The Balaban J connectivity index is 2.93. The number of nitrogens with two attached hydrogens (primary N) is 1.